The van der Waals surface area contributed by atoms with E-state index in [1.807, 2.05) is 6.07 Å². The molecule has 0 radical (unpaired) electrons. The van der Waals surface area contributed by atoms with Crippen molar-refractivity contribution in [2.75, 3.05) is 0 Å². The van der Waals surface area contributed by atoms with Gasteiger partial charge in [0.1, 0.15) is 11.8 Å². The normalized spacial score (nSPS) is 13.1. The van der Waals surface area contributed by atoms with Gasteiger partial charge in [-0.15, -0.1) is 0 Å². The third-order valence-corrected chi connectivity index (χ3v) is 1.81. The Hall–Kier alpha value is -1.62. The van der Waals surface area contributed by atoms with Crippen LogP contribution >= 0.6 is 0 Å². The molecule has 1 atom stereocenters. The van der Waals surface area contributed by atoms with Crippen LogP contribution in [0.25, 0.3) is 0 Å². The predicted octanol–water partition coefficient (Wildman–Crippen LogP) is 0.225. The minimum Gasteiger partial charge on any atom is -0.380 e. The van der Waals surface area contributed by atoms with Crippen LogP contribution in [0.5, 0.6) is 0 Å². The minimum absolute atomic E-state index is 0.546. The van der Waals surface area contributed by atoms with Gasteiger partial charge in [-0.1, -0.05) is 0 Å². The van der Waals surface area contributed by atoms with E-state index in [2.05, 4.69) is 15.2 Å². The first-order chi connectivity index (χ1) is 6.27. The van der Waals surface area contributed by atoms with Gasteiger partial charge in [0.05, 0.1) is 11.9 Å². The van der Waals surface area contributed by atoms with Crippen LogP contribution in [0.1, 0.15) is 17.5 Å². The van der Waals surface area contributed by atoms with Crippen molar-refractivity contribution >= 4 is 0 Å². The number of hydrogen-bond acceptors (Lipinski definition) is 3. The molecule has 0 aliphatic carbocycles. The molecule has 5 heteroatoms. The summed E-state index contributed by atoms with van der Waals surface area (Å²) in [4.78, 5) is 4.34. The van der Waals surface area contributed by atoms with Crippen molar-refractivity contribution in [1.29, 1.82) is 0 Å². The van der Waals surface area contributed by atoms with Crippen LogP contribution in [0, 0.1) is 0 Å². The fourth-order valence-electron chi connectivity index (χ4n) is 1.16. The number of aryl methyl sites for hydroxylation is 1. The number of rotatable bonds is 2. The van der Waals surface area contributed by atoms with Gasteiger partial charge in [0.15, 0.2) is 0 Å². The summed E-state index contributed by atoms with van der Waals surface area (Å²) in [5.74, 6) is 0. The highest BCUT2D eigenvalue weighted by atomic mass is 16.3. The number of aliphatic hydroxyl groups excluding tert-OH is 1. The largest absolute Gasteiger partial charge is 0.380 e. The summed E-state index contributed by atoms with van der Waals surface area (Å²) in [6.45, 7) is 0. The van der Waals surface area contributed by atoms with Gasteiger partial charge in [0.2, 0.25) is 0 Å². The zero-order chi connectivity index (χ0) is 9.26. The highest BCUT2D eigenvalue weighted by Crippen LogP contribution is 2.16. The number of hydrogen-bond donors (Lipinski definition) is 2. The van der Waals surface area contributed by atoms with Gasteiger partial charge in [-0.3, -0.25) is 0 Å². The Bertz CT molecular complexity index is 379. The Morgan fingerprint density at radius 3 is 3.00 bits per heavy atom. The Balaban J connectivity index is 2.28. The lowest BCUT2D eigenvalue weighted by Gasteiger charge is -2.03. The molecular formula is C8H10N4O. The molecule has 0 fully saturated rings. The molecule has 13 heavy (non-hydrogen) atoms. The first-order valence-corrected chi connectivity index (χ1v) is 3.95. The van der Waals surface area contributed by atoms with E-state index in [1.165, 1.54) is 4.80 Å². The van der Waals surface area contributed by atoms with Crippen molar-refractivity contribution < 1.29 is 5.11 Å². The van der Waals surface area contributed by atoms with Crippen LogP contribution in [-0.2, 0) is 7.05 Å². The molecule has 68 valence electrons. The summed E-state index contributed by atoms with van der Waals surface area (Å²) in [6.07, 6.45) is 2.59. The average Bonchev–Trinajstić information content (AvgIpc) is 2.72. The van der Waals surface area contributed by atoms with E-state index < -0.39 is 6.10 Å². The number of aromatic nitrogens is 4. The topological polar surface area (TPSA) is 66.7 Å². The molecule has 0 amide bonds. The van der Waals surface area contributed by atoms with Crippen molar-refractivity contribution in [3.05, 3.63) is 35.9 Å². The predicted molar refractivity (Wildman–Crippen MR) is 45.9 cm³/mol. The summed E-state index contributed by atoms with van der Waals surface area (Å²) in [6, 6.07) is 3.63. The maximum Gasteiger partial charge on any atom is 0.139 e. The Morgan fingerprint density at radius 2 is 2.46 bits per heavy atom. The van der Waals surface area contributed by atoms with E-state index >= 15 is 0 Å². The van der Waals surface area contributed by atoms with Gasteiger partial charge < -0.3 is 10.1 Å². The molecule has 0 saturated heterocycles. The van der Waals surface area contributed by atoms with E-state index in [-0.39, 0.29) is 0 Å². The number of nitrogens with one attached hydrogen (secondary N) is 1. The fourth-order valence-corrected chi connectivity index (χ4v) is 1.16. The molecule has 2 heterocycles. The Morgan fingerprint density at radius 1 is 1.62 bits per heavy atom. The van der Waals surface area contributed by atoms with Crippen LogP contribution in [0.3, 0.4) is 0 Å². The SMILES string of the molecule is Cn1ncc(C(O)c2ccc[nH]2)n1. The van der Waals surface area contributed by atoms with Crippen LogP contribution in [0.15, 0.2) is 24.5 Å². The van der Waals surface area contributed by atoms with Crippen LogP contribution in [-0.4, -0.2) is 25.1 Å². The van der Waals surface area contributed by atoms with Gasteiger partial charge in [0, 0.05) is 13.2 Å². The first kappa shape index (κ1) is 8.00. The molecule has 5 nitrogen and oxygen atoms in total. The van der Waals surface area contributed by atoms with Gasteiger partial charge in [-0.25, -0.2) is 0 Å². The quantitative estimate of drug-likeness (QED) is 0.691. The number of aromatic amines is 1. The van der Waals surface area contributed by atoms with Crippen molar-refractivity contribution in [1.82, 2.24) is 20.0 Å². The van der Waals surface area contributed by atoms with Gasteiger partial charge in [0.25, 0.3) is 0 Å². The third kappa shape index (κ3) is 1.46. The molecule has 2 aromatic rings. The highest BCUT2D eigenvalue weighted by Gasteiger charge is 2.13. The molecule has 2 N–H and O–H groups in total. The summed E-state index contributed by atoms with van der Waals surface area (Å²) < 4.78 is 0. The van der Waals surface area contributed by atoms with E-state index in [1.54, 1.807) is 25.5 Å². The minimum atomic E-state index is -0.719. The van der Waals surface area contributed by atoms with E-state index in [0.29, 0.717) is 5.69 Å². The maximum absolute atomic E-state index is 9.75. The van der Waals surface area contributed by atoms with Crippen molar-refractivity contribution in [3.8, 4) is 0 Å². The number of aliphatic hydroxyl groups is 1. The zero-order valence-electron chi connectivity index (χ0n) is 7.18. The third-order valence-electron chi connectivity index (χ3n) is 1.81. The molecule has 2 rings (SSSR count). The lowest BCUT2D eigenvalue weighted by molar-refractivity contribution is 0.210. The summed E-state index contributed by atoms with van der Waals surface area (Å²) in [5.41, 5.74) is 1.27. The molecule has 0 aromatic carbocycles. The molecule has 0 spiro atoms. The molecule has 0 bridgehead atoms. The fraction of sp³-hybridized carbons (Fsp3) is 0.250. The second kappa shape index (κ2) is 3.02. The van der Waals surface area contributed by atoms with Gasteiger partial charge >= 0.3 is 0 Å². The zero-order valence-corrected chi connectivity index (χ0v) is 7.18. The molecule has 1 unspecified atom stereocenters. The van der Waals surface area contributed by atoms with Crippen LogP contribution in [0.4, 0.5) is 0 Å². The van der Waals surface area contributed by atoms with Crippen LogP contribution < -0.4 is 0 Å². The van der Waals surface area contributed by atoms with Crippen molar-refractivity contribution in [2.45, 2.75) is 6.10 Å². The van der Waals surface area contributed by atoms with Gasteiger partial charge in [-0.05, 0) is 12.1 Å². The van der Waals surface area contributed by atoms with Crippen molar-refractivity contribution in [3.63, 3.8) is 0 Å². The molecule has 0 aliphatic rings. The average molecular weight is 178 g/mol. The Kier molecular flexibility index (Phi) is 1.86. The maximum atomic E-state index is 9.75. The summed E-state index contributed by atoms with van der Waals surface area (Å²) >= 11 is 0. The molecule has 0 saturated carbocycles. The second-order valence-corrected chi connectivity index (χ2v) is 2.79. The molecule has 0 aliphatic heterocycles. The molecule has 2 aromatic heterocycles. The van der Waals surface area contributed by atoms with E-state index in [0.717, 1.165) is 5.69 Å². The van der Waals surface area contributed by atoms with Crippen LogP contribution in [0.2, 0.25) is 0 Å². The second-order valence-electron chi connectivity index (χ2n) is 2.79. The number of nitrogens with zero attached hydrogens (tertiary/aromatic N) is 3. The molecular weight excluding hydrogens is 168 g/mol. The van der Waals surface area contributed by atoms with E-state index in [4.69, 9.17) is 0 Å². The number of H-pyrrole nitrogens is 1. The smallest absolute Gasteiger partial charge is 0.139 e. The lowest BCUT2D eigenvalue weighted by Crippen LogP contribution is -2.01. The lowest BCUT2D eigenvalue weighted by atomic mass is 10.2. The monoisotopic (exact) mass is 178 g/mol. The van der Waals surface area contributed by atoms with Gasteiger partial charge in [-0.2, -0.15) is 15.0 Å². The Labute approximate surface area is 75.0 Å². The standard InChI is InChI=1S/C8H10N4O/c1-12-10-5-7(11-12)8(13)6-3-2-4-9-6/h2-5,8-9,13H,1H3. The van der Waals surface area contributed by atoms with E-state index in [9.17, 15) is 5.11 Å². The summed E-state index contributed by atoms with van der Waals surface area (Å²) in [5, 5.41) is 17.6. The highest BCUT2D eigenvalue weighted by molar-refractivity contribution is 5.16. The summed E-state index contributed by atoms with van der Waals surface area (Å²) in [7, 11) is 1.71. The first-order valence-electron chi connectivity index (χ1n) is 3.95. The van der Waals surface area contributed by atoms with Crippen molar-refractivity contribution in [2.24, 2.45) is 7.05 Å².